The summed E-state index contributed by atoms with van der Waals surface area (Å²) < 4.78 is 38.4. The lowest BCUT2D eigenvalue weighted by Crippen LogP contribution is -2.27. The minimum absolute atomic E-state index is 0.169. The average Bonchev–Trinajstić information content (AvgIpc) is 3.25. The molecule has 1 heterocycles. The number of ether oxygens (including phenoxy) is 2. The third kappa shape index (κ3) is 4.73. The average molecular weight is 483 g/mol. The molecule has 0 unspecified atom stereocenters. The summed E-state index contributed by atoms with van der Waals surface area (Å²) in [7, 11) is -2.05. The molecule has 3 rings (SSSR count). The molecular formula is C20H23BrN2O5S. The van der Waals surface area contributed by atoms with Crippen LogP contribution in [-0.2, 0) is 10.0 Å². The fourth-order valence-corrected chi connectivity index (χ4v) is 5.27. The van der Waals surface area contributed by atoms with Gasteiger partial charge in [0.25, 0.3) is 5.91 Å². The van der Waals surface area contributed by atoms with Gasteiger partial charge in [-0.15, -0.1) is 0 Å². The molecule has 2 aromatic carbocycles. The second-order valence-corrected chi connectivity index (χ2v) is 9.31. The smallest absolute Gasteiger partial charge is 0.255 e. The van der Waals surface area contributed by atoms with Crippen molar-refractivity contribution in [1.82, 2.24) is 4.31 Å². The van der Waals surface area contributed by atoms with Crippen LogP contribution in [0.15, 0.2) is 45.8 Å². The molecule has 29 heavy (non-hydrogen) atoms. The monoisotopic (exact) mass is 482 g/mol. The van der Waals surface area contributed by atoms with Gasteiger partial charge >= 0.3 is 0 Å². The van der Waals surface area contributed by atoms with E-state index >= 15 is 0 Å². The van der Waals surface area contributed by atoms with Crippen LogP contribution in [0.2, 0.25) is 0 Å². The summed E-state index contributed by atoms with van der Waals surface area (Å²) >= 11 is 3.40. The van der Waals surface area contributed by atoms with Crippen molar-refractivity contribution in [2.45, 2.75) is 24.7 Å². The normalized spacial score (nSPS) is 14.6. The standard InChI is InChI=1S/C20H23BrN2O5S/c1-3-28-19-17(21)11-14(12-18(19)27-2)20(24)22-15-7-6-8-16(13-15)29(25,26)23-9-4-5-10-23/h6-8,11-13H,3-5,9-10H2,1-2H3,(H,22,24). The number of nitrogens with zero attached hydrogens (tertiary/aromatic N) is 1. The van der Waals surface area contributed by atoms with E-state index in [0.717, 1.165) is 12.8 Å². The third-order valence-corrected chi connectivity index (χ3v) is 7.06. The van der Waals surface area contributed by atoms with Crippen molar-refractivity contribution in [2.75, 3.05) is 32.1 Å². The number of sulfonamides is 1. The van der Waals surface area contributed by atoms with Gasteiger partial charge in [-0.2, -0.15) is 4.31 Å². The summed E-state index contributed by atoms with van der Waals surface area (Å²) in [6.07, 6.45) is 1.73. The Kier molecular flexibility index (Phi) is 6.81. The van der Waals surface area contributed by atoms with E-state index in [0.29, 0.717) is 46.9 Å². The van der Waals surface area contributed by atoms with Crippen LogP contribution < -0.4 is 14.8 Å². The maximum Gasteiger partial charge on any atom is 0.255 e. The highest BCUT2D eigenvalue weighted by Gasteiger charge is 2.27. The lowest BCUT2D eigenvalue weighted by Gasteiger charge is -2.16. The van der Waals surface area contributed by atoms with Gasteiger partial charge in [0, 0.05) is 24.3 Å². The van der Waals surface area contributed by atoms with Crippen LogP contribution in [0.5, 0.6) is 11.5 Å². The minimum Gasteiger partial charge on any atom is -0.493 e. The molecule has 0 spiro atoms. The van der Waals surface area contributed by atoms with Crippen molar-refractivity contribution in [2.24, 2.45) is 0 Å². The summed E-state index contributed by atoms with van der Waals surface area (Å²) in [6, 6.07) is 9.50. The predicted octanol–water partition coefficient (Wildman–Crippen LogP) is 3.89. The molecule has 0 atom stereocenters. The van der Waals surface area contributed by atoms with Gasteiger partial charge in [0.1, 0.15) is 0 Å². The number of methoxy groups -OCH3 is 1. The molecule has 0 bridgehead atoms. The summed E-state index contributed by atoms with van der Waals surface area (Å²) in [6.45, 7) is 3.37. The molecule has 0 aromatic heterocycles. The van der Waals surface area contributed by atoms with Gasteiger partial charge < -0.3 is 14.8 Å². The molecular weight excluding hydrogens is 460 g/mol. The zero-order valence-electron chi connectivity index (χ0n) is 16.3. The second kappa shape index (κ2) is 9.15. The molecule has 0 saturated carbocycles. The Hall–Kier alpha value is -2.10. The van der Waals surface area contributed by atoms with Crippen LogP contribution in [0.4, 0.5) is 5.69 Å². The molecule has 156 valence electrons. The maximum absolute atomic E-state index is 12.7. The first-order chi connectivity index (χ1) is 13.9. The van der Waals surface area contributed by atoms with Crippen LogP contribution in [0.1, 0.15) is 30.1 Å². The molecule has 1 amide bonds. The van der Waals surface area contributed by atoms with Gasteiger partial charge in [0.05, 0.1) is 23.1 Å². The van der Waals surface area contributed by atoms with Crippen LogP contribution >= 0.6 is 15.9 Å². The summed E-state index contributed by atoms with van der Waals surface area (Å²) in [5.74, 6) is 0.560. The first-order valence-corrected chi connectivity index (χ1v) is 11.5. The van der Waals surface area contributed by atoms with Crippen molar-refractivity contribution in [3.63, 3.8) is 0 Å². The Balaban J connectivity index is 1.84. The highest BCUT2D eigenvalue weighted by molar-refractivity contribution is 9.10. The van der Waals surface area contributed by atoms with E-state index in [2.05, 4.69) is 21.2 Å². The summed E-state index contributed by atoms with van der Waals surface area (Å²) in [5.41, 5.74) is 0.754. The fourth-order valence-electron chi connectivity index (χ4n) is 3.15. The van der Waals surface area contributed by atoms with Gasteiger partial charge in [-0.05, 0) is 66.0 Å². The van der Waals surface area contributed by atoms with Crippen molar-refractivity contribution < 1.29 is 22.7 Å². The number of hydrogen-bond acceptors (Lipinski definition) is 5. The van der Waals surface area contributed by atoms with Gasteiger partial charge in [0.15, 0.2) is 11.5 Å². The number of rotatable bonds is 7. The van der Waals surface area contributed by atoms with E-state index in [1.54, 1.807) is 30.3 Å². The highest BCUT2D eigenvalue weighted by atomic mass is 79.9. The molecule has 2 aromatic rings. The van der Waals surface area contributed by atoms with Gasteiger partial charge in [-0.3, -0.25) is 4.79 Å². The number of carbonyl (C=O) groups excluding carboxylic acids is 1. The number of amides is 1. The van der Waals surface area contributed by atoms with E-state index in [1.807, 2.05) is 6.92 Å². The van der Waals surface area contributed by atoms with Crippen LogP contribution in [0.25, 0.3) is 0 Å². The summed E-state index contributed by atoms with van der Waals surface area (Å²) in [5, 5.41) is 2.75. The quantitative estimate of drug-likeness (QED) is 0.646. The molecule has 7 nitrogen and oxygen atoms in total. The van der Waals surface area contributed by atoms with E-state index in [-0.39, 0.29) is 10.8 Å². The Morgan fingerprint density at radius 2 is 1.93 bits per heavy atom. The maximum atomic E-state index is 12.7. The third-order valence-electron chi connectivity index (χ3n) is 4.58. The molecule has 9 heteroatoms. The molecule has 1 aliphatic rings. The van der Waals surface area contributed by atoms with Gasteiger partial charge in [-0.1, -0.05) is 6.07 Å². The van der Waals surface area contributed by atoms with Crippen LogP contribution in [0, 0.1) is 0 Å². The molecule has 0 radical (unpaired) electrons. The van der Waals surface area contributed by atoms with Crippen LogP contribution in [-0.4, -0.2) is 45.4 Å². The minimum atomic E-state index is -3.55. The molecule has 1 aliphatic heterocycles. The van der Waals surface area contributed by atoms with E-state index in [4.69, 9.17) is 9.47 Å². The second-order valence-electron chi connectivity index (χ2n) is 6.52. The summed E-state index contributed by atoms with van der Waals surface area (Å²) in [4.78, 5) is 12.9. The highest BCUT2D eigenvalue weighted by Crippen LogP contribution is 2.37. The van der Waals surface area contributed by atoms with Crippen molar-refractivity contribution in [1.29, 1.82) is 0 Å². The Morgan fingerprint density at radius 3 is 2.59 bits per heavy atom. The fraction of sp³-hybridized carbons (Fsp3) is 0.350. The van der Waals surface area contributed by atoms with Gasteiger partial charge in [-0.25, -0.2) is 8.42 Å². The number of hydrogen-bond donors (Lipinski definition) is 1. The van der Waals surface area contributed by atoms with E-state index < -0.39 is 10.0 Å². The van der Waals surface area contributed by atoms with Crippen LogP contribution in [0.3, 0.4) is 0 Å². The Bertz CT molecular complexity index is 1000. The molecule has 1 N–H and O–H groups in total. The SMILES string of the molecule is CCOc1c(Br)cc(C(=O)Nc2cccc(S(=O)(=O)N3CCCC3)c2)cc1OC. The first-order valence-electron chi connectivity index (χ1n) is 9.28. The number of halogens is 1. The van der Waals surface area contributed by atoms with Crippen molar-refractivity contribution in [3.8, 4) is 11.5 Å². The molecule has 0 aliphatic carbocycles. The molecule has 1 saturated heterocycles. The zero-order valence-corrected chi connectivity index (χ0v) is 18.7. The number of anilines is 1. The topological polar surface area (TPSA) is 84.9 Å². The number of nitrogens with one attached hydrogen (secondary N) is 1. The lowest BCUT2D eigenvalue weighted by molar-refractivity contribution is 0.102. The largest absolute Gasteiger partial charge is 0.493 e. The number of benzene rings is 2. The molecule has 1 fully saturated rings. The van der Waals surface area contributed by atoms with Crippen molar-refractivity contribution >= 4 is 37.5 Å². The Morgan fingerprint density at radius 1 is 1.21 bits per heavy atom. The lowest BCUT2D eigenvalue weighted by atomic mass is 10.2. The first kappa shape index (κ1) is 21.6. The van der Waals surface area contributed by atoms with E-state index in [1.165, 1.54) is 17.5 Å². The Labute approximate surface area is 179 Å². The number of carbonyl (C=O) groups is 1. The zero-order chi connectivity index (χ0) is 21.0. The van der Waals surface area contributed by atoms with Crippen molar-refractivity contribution in [3.05, 3.63) is 46.4 Å². The van der Waals surface area contributed by atoms with E-state index in [9.17, 15) is 13.2 Å². The predicted molar refractivity (Wildman–Crippen MR) is 114 cm³/mol. The van der Waals surface area contributed by atoms with Gasteiger partial charge in [0.2, 0.25) is 10.0 Å².